The first kappa shape index (κ1) is 31.2. The Morgan fingerprint density at radius 3 is 1.21 bits per heavy atom. The van der Waals surface area contributed by atoms with Crippen LogP contribution in [-0.4, -0.2) is 0 Å². The molecule has 1 heteroatoms. The lowest BCUT2D eigenvalue weighted by atomic mass is 9.87. The Hall–Kier alpha value is -7.06. The van der Waals surface area contributed by atoms with E-state index in [0.717, 1.165) is 0 Å². The van der Waals surface area contributed by atoms with E-state index in [2.05, 4.69) is 194 Å². The summed E-state index contributed by atoms with van der Waals surface area (Å²) in [4.78, 5) is 0. The number of fused-ring (bicyclic) bond motifs is 3. The minimum atomic E-state index is 1.23. The molecule has 0 amide bonds. The standard InChI is InChI=1S/C56H32S/c1-2-5-34(6-3-1)43-23-16-39-20-28-48-45(25-17-40-19-27-47(43)55(39)56(40)48)42-22-30-52-50(32-42)49-31-41(21-29-51(49)57-52)33-9-11-35(12-10-33)44-24-15-38-14-13-36-7-4-8-37-18-26-46(44)54(38)53(36)37/h1-32H. The summed E-state index contributed by atoms with van der Waals surface area (Å²) in [5.41, 5.74) is 10.1. The quantitative estimate of drug-likeness (QED) is 0.158. The van der Waals surface area contributed by atoms with Crippen LogP contribution in [-0.2, 0) is 0 Å². The Balaban J connectivity index is 0.911. The van der Waals surface area contributed by atoms with Crippen molar-refractivity contribution in [2.24, 2.45) is 0 Å². The molecule has 0 radical (unpaired) electrons. The van der Waals surface area contributed by atoms with Gasteiger partial charge in [0.2, 0.25) is 0 Å². The maximum Gasteiger partial charge on any atom is 0.0355 e. The zero-order valence-electron chi connectivity index (χ0n) is 30.9. The van der Waals surface area contributed by atoms with E-state index in [1.807, 2.05) is 11.3 Å². The van der Waals surface area contributed by atoms with E-state index in [1.165, 1.54) is 129 Å². The predicted molar refractivity (Wildman–Crippen MR) is 248 cm³/mol. The van der Waals surface area contributed by atoms with Crippen LogP contribution in [0.2, 0.25) is 0 Å². The molecule has 1 heterocycles. The molecule has 0 N–H and O–H groups in total. The van der Waals surface area contributed by atoms with Crippen LogP contribution in [0.25, 0.3) is 129 Å². The number of thiophene rings is 1. The van der Waals surface area contributed by atoms with Crippen molar-refractivity contribution in [3.8, 4) is 44.5 Å². The van der Waals surface area contributed by atoms with Crippen molar-refractivity contribution in [3.05, 3.63) is 194 Å². The minimum Gasteiger partial charge on any atom is -0.135 e. The molecule has 13 rings (SSSR count). The van der Waals surface area contributed by atoms with Gasteiger partial charge in [-0.3, -0.25) is 0 Å². The molecule has 0 saturated carbocycles. The van der Waals surface area contributed by atoms with Crippen molar-refractivity contribution in [2.45, 2.75) is 0 Å². The highest BCUT2D eigenvalue weighted by atomic mass is 32.1. The molecule has 57 heavy (non-hydrogen) atoms. The van der Waals surface area contributed by atoms with E-state index in [9.17, 15) is 0 Å². The highest BCUT2D eigenvalue weighted by molar-refractivity contribution is 7.25. The number of benzene rings is 12. The highest BCUT2D eigenvalue weighted by Gasteiger charge is 2.17. The van der Waals surface area contributed by atoms with Crippen LogP contribution in [0.4, 0.5) is 0 Å². The van der Waals surface area contributed by atoms with Crippen molar-refractivity contribution in [2.75, 3.05) is 0 Å². The molecule has 0 atom stereocenters. The summed E-state index contributed by atoms with van der Waals surface area (Å²) in [6.07, 6.45) is 0. The molecule has 0 aliphatic rings. The van der Waals surface area contributed by atoms with Gasteiger partial charge < -0.3 is 0 Å². The lowest BCUT2D eigenvalue weighted by Gasteiger charge is -2.16. The molecule has 0 aliphatic carbocycles. The maximum absolute atomic E-state index is 2.43. The van der Waals surface area contributed by atoms with Gasteiger partial charge in [-0.15, -0.1) is 11.3 Å². The average molecular weight is 737 g/mol. The van der Waals surface area contributed by atoms with E-state index in [0.29, 0.717) is 0 Å². The highest BCUT2D eigenvalue weighted by Crippen LogP contribution is 2.45. The van der Waals surface area contributed by atoms with Gasteiger partial charge in [-0.25, -0.2) is 0 Å². The summed E-state index contributed by atoms with van der Waals surface area (Å²) < 4.78 is 2.64. The van der Waals surface area contributed by atoms with Crippen LogP contribution in [0.15, 0.2) is 194 Å². The lowest BCUT2D eigenvalue weighted by molar-refractivity contribution is 1.63. The third kappa shape index (κ3) is 4.55. The zero-order chi connectivity index (χ0) is 37.2. The summed E-state index contributed by atoms with van der Waals surface area (Å²) in [6, 6.07) is 72.8. The Labute approximate surface area is 333 Å². The molecule has 0 bridgehead atoms. The lowest BCUT2D eigenvalue weighted by Crippen LogP contribution is -1.89. The second kappa shape index (κ2) is 11.7. The Bertz CT molecular complexity index is 3700. The number of hydrogen-bond donors (Lipinski definition) is 0. The van der Waals surface area contributed by atoms with Crippen LogP contribution in [0.5, 0.6) is 0 Å². The normalized spacial score (nSPS) is 12.2. The van der Waals surface area contributed by atoms with Gasteiger partial charge in [-0.2, -0.15) is 0 Å². The van der Waals surface area contributed by atoms with Gasteiger partial charge in [0.1, 0.15) is 0 Å². The van der Waals surface area contributed by atoms with E-state index in [-0.39, 0.29) is 0 Å². The molecule has 0 spiro atoms. The second-order valence-electron chi connectivity index (χ2n) is 15.6. The number of rotatable bonds is 4. The Morgan fingerprint density at radius 2 is 0.632 bits per heavy atom. The first-order chi connectivity index (χ1) is 28.2. The molecule has 12 aromatic carbocycles. The SMILES string of the molecule is c1ccc(-c2ccc3ccc4c(-c5ccc6sc7ccc(-c8ccc(-c9ccc%10ccc%11cccc%12ccc9c%10c%11%12)cc8)cc7c6c5)ccc5ccc2c3c54)cc1. The van der Waals surface area contributed by atoms with Gasteiger partial charge >= 0.3 is 0 Å². The second-order valence-corrected chi connectivity index (χ2v) is 16.7. The Kier molecular flexibility index (Phi) is 6.41. The summed E-state index contributed by atoms with van der Waals surface area (Å²) in [5.74, 6) is 0. The van der Waals surface area contributed by atoms with E-state index in [4.69, 9.17) is 0 Å². The molecule has 0 nitrogen and oxygen atoms in total. The monoisotopic (exact) mass is 736 g/mol. The van der Waals surface area contributed by atoms with Crippen molar-refractivity contribution < 1.29 is 0 Å². The average Bonchev–Trinajstić information content (AvgIpc) is 3.65. The first-order valence-corrected chi connectivity index (χ1v) is 20.6. The van der Waals surface area contributed by atoms with Gasteiger partial charge in [0.15, 0.2) is 0 Å². The van der Waals surface area contributed by atoms with Crippen LogP contribution < -0.4 is 0 Å². The summed E-state index contributed by atoms with van der Waals surface area (Å²) in [5, 5.41) is 18.5. The van der Waals surface area contributed by atoms with Crippen LogP contribution >= 0.6 is 11.3 Å². The van der Waals surface area contributed by atoms with Gasteiger partial charge in [0.05, 0.1) is 0 Å². The van der Waals surface area contributed by atoms with Crippen LogP contribution in [0.3, 0.4) is 0 Å². The van der Waals surface area contributed by atoms with Crippen molar-refractivity contribution in [1.29, 1.82) is 0 Å². The first-order valence-electron chi connectivity index (χ1n) is 19.7. The third-order valence-corrected chi connectivity index (χ3v) is 13.7. The van der Waals surface area contributed by atoms with Gasteiger partial charge in [-0.1, -0.05) is 170 Å². The summed E-state index contributed by atoms with van der Waals surface area (Å²) in [6.45, 7) is 0. The fourth-order valence-corrected chi connectivity index (χ4v) is 10.9. The van der Waals surface area contributed by atoms with E-state index < -0.39 is 0 Å². The van der Waals surface area contributed by atoms with Crippen molar-refractivity contribution in [1.82, 2.24) is 0 Å². The summed E-state index contributed by atoms with van der Waals surface area (Å²) in [7, 11) is 0. The van der Waals surface area contributed by atoms with E-state index in [1.54, 1.807) is 0 Å². The van der Waals surface area contributed by atoms with Crippen molar-refractivity contribution in [3.63, 3.8) is 0 Å². The minimum absolute atomic E-state index is 1.23. The van der Waals surface area contributed by atoms with Crippen LogP contribution in [0, 0.1) is 0 Å². The largest absolute Gasteiger partial charge is 0.135 e. The van der Waals surface area contributed by atoms with Gasteiger partial charge in [-0.05, 0) is 133 Å². The Morgan fingerprint density at radius 1 is 0.228 bits per heavy atom. The summed E-state index contributed by atoms with van der Waals surface area (Å²) >= 11 is 1.88. The fourth-order valence-electron chi connectivity index (χ4n) is 9.88. The number of hydrogen-bond acceptors (Lipinski definition) is 1. The molecule has 1 aromatic heterocycles. The van der Waals surface area contributed by atoms with E-state index >= 15 is 0 Å². The van der Waals surface area contributed by atoms with Crippen molar-refractivity contribution >= 4 is 96.1 Å². The molecule has 262 valence electrons. The molecular weight excluding hydrogens is 705 g/mol. The fraction of sp³-hybridized carbons (Fsp3) is 0. The third-order valence-electron chi connectivity index (χ3n) is 12.6. The zero-order valence-corrected chi connectivity index (χ0v) is 31.7. The molecular formula is C56H32S. The molecule has 0 unspecified atom stereocenters. The van der Waals surface area contributed by atoms with Crippen LogP contribution in [0.1, 0.15) is 0 Å². The molecule has 13 aromatic rings. The molecule has 0 aliphatic heterocycles. The molecule has 0 saturated heterocycles. The topological polar surface area (TPSA) is 0 Å². The maximum atomic E-state index is 2.43. The van der Waals surface area contributed by atoms with Gasteiger partial charge in [0.25, 0.3) is 0 Å². The smallest absolute Gasteiger partial charge is 0.0355 e. The molecule has 0 fully saturated rings. The predicted octanol–water partition coefficient (Wildman–Crippen LogP) is 16.5. The van der Waals surface area contributed by atoms with Gasteiger partial charge in [0, 0.05) is 20.2 Å².